The van der Waals surface area contributed by atoms with E-state index in [0.717, 1.165) is 11.3 Å². The molecule has 0 unspecified atom stereocenters. The second-order valence-corrected chi connectivity index (χ2v) is 6.16. The number of aromatic hydroxyl groups is 1. The Morgan fingerprint density at radius 1 is 1.14 bits per heavy atom. The predicted molar refractivity (Wildman–Crippen MR) is 108 cm³/mol. The number of fused-ring (bicyclic) bond motifs is 1. The maximum Gasteiger partial charge on any atom is 0.270 e. The van der Waals surface area contributed by atoms with Crippen molar-refractivity contribution in [3.63, 3.8) is 0 Å². The molecule has 0 aliphatic rings. The monoisotopic (exact) mass is 389 g/mol. The summed E-state index contributed by atoms with van der Waals surface area (Å²) < 4.78 is 10.9. The first-order valence-electron chi connectivity index (χ1n) is 8.60. The first-order chi connectivity index (χ1) is 14.0. The normalized spacial score (nSPS) is 11.2. The number of phenolic OH excluding ortho intramolecular Hbond substituents is 1. The fourth-order valence-corrected chi connectivity index (χ4v) is 2.76. The van der Waals surface area contributed by atoms with Crippen molar-refractivity contribution < 1.29 is 19.2 Å². The highest BCUT2D eigenvalue weighted by Gasteiger charge is 2.10. The molecule has 0 amide bonds. The van der Waals surface area contributed by atoms with E-state index < -0.39 is 4.92 Å². The zero-order chi connectivity index (χ0) is 20.4. The van der Waals surface area contributed by atoms with Gasteiger partial charge in [-0.15, -0.1) is 0 Å². The Labute approximate surface area is 164 Å². The topological polar surface area (TPSA) is 111 Å². The minimum Gasteiger partial charge on any atom is -0.507 e. The number of nitrogens with zero attached hydrogens (tertiary/aromatic N) is 3. The number of benzene rings is 3. The summed E-state index contributed by atoms with van der Waals surface area (Å²) >= 11 is 0. The quantitative estimate of drug-likeness (QED) is 0.296. The minimum absolute atomic E-state index is 0.0938. The molecule has 1 heterocycles. The van der Waals surface area contributed by atoms with Gasteiger partial charge in [0.2, 0.25) is 5.89 Å². The van der Waals surface area contributed by atoms with Gasteiger partial charge in [0.05, 0.1) is 17.7 Å². The highest BCUT2D eigenvalue weighted by molar-refractivity contribution is 5.87. The number of hydrogen-bond donors (Lipinski definition) is 1. The van der Waals surface area contributed by atoms with E-state index >= 15 is 0 Å². The van der Waals surface area contributed by atoms with Crippen LogP contribution in [0.4, 0.5) is 11.4 Å². The minimum atomic E-state index is -0.529. The van der Waals surface area contributed by atoms with Gasteiger partial charge in [-0.25, -0.2) is 4.98 Å². The molecule has 0 saturated carbocycles. The molecular formula is C21H15N3O5. The zero-order valence-corrected chi connectivity index (χ0v) is 15.3. The van der Waals surface area contributed by atoms with Gasteiger partial charge < -0.3 is 14.3 Å². The van der Waals surface area contributed by atoms with Crippen LogP contribution in [-0.4, -0.2) is 28.3 Å². The molecule has 8 nitrogen and oxygen atoms in total. The van der Waals surface area contributed by atoms with Gasteiger partial charge >= 0.3 is 0 Å². The molecule has 3 aromatic carbocycles. The molecule has 0 fully saturated rings. The van der Waals surface area contributed by atoms with Crippen molar-refractivity contribution in [3.05, 3.63) is 76.3 Å². The Morgan fingerprint density at radius 2 is 1.93 bits per heavy atom. The lowest BCUT2D eigenvalue weighted by Gasteiger charge is -1.99. The van der Waals surface area contributed by atoms with Crippen molar-refractivity contribution in [2.75, 3.05) is 7.11 Å². The van der Waals surface area contributed by atoms with Gasteiger partial charge in [-0.05, 0) is 48.5 Å². The van der Waals surface area contributed by atoms with E-state index in [0.29, 0.717) is 22.7 Å². The van der Waals surface area contributed by atoms with E-state index in [9.17, 15) is 15.2 Å². The number of methoxy groups -OCH3 is 1. The molecule has 4 rings (SSSR count). The highest BCUT2D eigenvalue weighted by Crippen LogP contribution is 2.28. The molecule has 1 N–H and O–H groups in total. The maximum atomic E-state index is 10.9. The largest absolute Gasteiger partial charge is 0.507 e. The van der Waals surface area contributed by atoms with E-state index in [2.05, 4.69) is 9.98 Å². The average Bonchev–Trinajstić information content (AvgIpc) is 3.16. The van der Waals surface area contributed by atoms with Crippen LogP contribution in [0, 0.1) is 10.1 Å². The SMILES string of the molecule is COc1ccc(-c2nc3cc(N=Cc4cc([N+](=O)[O-])ccc4O)ccc3o2)cc1. The number of non-ortho nitro benzene ring substituents is 1. The first-order valence-corrected chi connectivity index (χ1v) is 8.60. The lowest BCUT2D eigenvalue weighted by Crippen LogP contribution is -1.90. The van der Waals surface area contributed by atoms with E-state index in [1.165, 1.54) is 24.4 Å². The van der Waals surface area contributed by atoms with E-state index in [-0.39, 0.29) is 17.0 Å². The summed E-state index contributed by atoms with van der Waals surface area (Å²) in [7, 11) is 1.60. The van der Waals surface area contributed by atoms with Crippen LogP contribution in [0.15, 0.2) is 70.1 Å². The van der Waals surface area contributed by atoms with Gasteiger partial charge in [-0.2, -0.15) is 0 Å². The Hall–Kier alpha value is -4.20. The molecule has 0 radical (unpaired) electrons. The Morgan fingerprint density at radius 3 is 2.66 bits per heavy atom. The molecule has 0 bridgehead atoms. The lowest BCUT2D eigenvalue weighted by atomic mass is 10.2. The summed E-state index contributed by atoms with van der Waals surface area (Å²) in [6, 6.07) is 16.3. The van der Waals surface area contributed by atoms with Crippen LogP contribution in [0.1, 0.15) is 5.56 Å². The summed E-state index contributed by atoms with van der Waals surface area (Å²) in [6.07, 6.45) is 1.37. The standard InChI is InChI=1S/C21H15N3O5/c1-28-17-6-2-13(3-7-17)21-23-18-11-15(4-9-20(18)29-21)22-12-14-10-16(24(26)27)5-8-19(14)25/h2-12,25H,1H3. The van der Waals surface area contributed by atoms with E-state index in [1.54, 1.807) is 25.3 Å². The molecule has 144 valence electrons. The third kappa shape index (κ3) is 3.77. The van der Waals surface area contributed by atoms with E-state index in [4.69, 9.17) is 9.15 Å². The van der Waals surface area contributed by atoms with Crippen molar-refractivity contribution in [2.45, 2.75) is 0 Å². The average molecular weight is 389 g/mol. The molecule has 0 atom stereocenters. The van der Waals surface area contributed by atoms with Crippen LogP contribution in [0.3, 0.4) is 0 Å². The molecule has 0 aliphatic heterocycles. The van der Waals surface area contributed by atoms with Crippen LogP contribution in [-0.2, 0) is 0 Å². The summed E-state index contributed by atoms with van der Waals surface area (Å²) in [5.41, 5.74) is 2.73. The van der Waals surface area contributed by atoms with Crippen LogP contribution < -0.4 is 4.74 Å². The van der Waals surface area contributed by atoms with Gasteiger partial charge in [-0.3, -0.25) is 15.1 Å². The number of ether oxygens (including phenoxy) is 1. The van der Waals surface area contributed by atoms with Gasteiger partial charge in [0, 0.05) is 29.5 Å². The number of nitro groups is 1. The van der Waals surface area contributed by atoms with Crippen molar-refractivity contribution >= 4 is 28.7 Å². The fraction of sp³-hybridized carbons (Fsp3) is 0.0476. The molecule has 0 aliphatic carbocycles. The van der Waals surface area contributed by atoms with Crippen molar-refractivity contribution in [1.82, 2.24) is 4.98 Å². The highest BCUT2D eigenvalue weighted by atomic mass is 16.6. The molecule has 1 aromatic heterocycles. The van der Waals surface area contributed by atoms with Crippen LogP contribution in [0.25, 0.3) is 22.6 Å². The number of rotatable bonds is 5. The molecular weight excluding hydrogens is 374 g/mol. The number of nitro benzene ring substituents is 1. The zero-order valence-electron chi connectivity index (χ0n) is 15.3. The van der Waals surface area contributed by atoms with Crippen molar-refractivity contribution in [3.8, 4) is 23.0 Å². The number of phenols is 1. The van der Waals surface area contributed by atoms with E-state index in [1.807, 2.05) is 24.3 Å². The summed E-state index contributed by atoms with van der Waals surface area (Å²) in [5, 5.41) is 20.8. The summed E-state index contributed by atoms with van der Waals surface area (Å²) in [4.78, 5) is 19.1. The predicted octanol–water partition coefficient (Wildman–Crippen LogP) is 4.87. The van der Waals surface area contributed by atoms with Crippen LogP contribution in [0.5, 0.6) is 11.5 Å². The number of oxazole rings is 1. The van der Waals surface area contributed by atoms with Gasteiger partial charge in [0.25, 0.3) is 5.69 Å². The fourth-order valence-electron chi connectivity index (χ4n) is 2.76. The second kappa shape index (κ2) is 7.43. The maximum absolute atomic E-state index is 10.9. The Kier molecular flexibility index (Phi) is 4.66. The van der Waals surface area contributed by atoms with Crippen molar-refractivity contribution in [2.24, 2.45) is 4.99 Å². The molecule has 4 aromatic rings. The third-order valence-corrected chi connectivity index (χ3v) is 4.28. The van der Waals surface area contributed by atoms with Gasteiger partial charge in [0.15, 0.2) is 5.58 Å². The third-order valence-electron chi connectivity index (χ3n) is 4.28. The second-order valence-electron chi connectivity index (χ2n) is 6.16. The smallest absolute Gasteiger partial charge is 0.270 e. The number of aromatic nitrogens is 1. The lowest BCUT2D eigenvalue weighted by molar-refractivity contribution is -0.384. The van der Waals surface area contributed by atoms with Crippen LogP contribution >= 0.6 is 0 Å². The Balaban J connectivity index is 1.63. The first kappa shape index (κ1) is 18.2. The summed E-state index contributed by atoms with van der Waals surface area (Å²) in [5.74, 6) is 1.12. The number of hydrogen-bond acceptors (Lipinski definition) is 7. The summed E-state index contributed by atoms with van der Waals surface area (Å²) in [6.45, 7) is 0. The van der Waals surface area contributed by atoms with Gasteiger partial charge in [-0.1, -0.05) is 0 Å². The molecule has 0 spiro atoms. The molecule has 29 heavy (non-hydrogen) atoms. The number of aliphatic imine (C=N–C) groups is 1. The van der Waals surface area contributed by atoms with Gasteiger partial charge in [0.1, 0.15) is 17.0 Å². The Bertz CT molecular complexity index is 1230. The molecule has 8 heteroatoms. The molecule has 0 saturated heterocycles. The van der Waals surface area contributed by atoms with Crippen LogP contribution in [0.2, 0.25) is 0 Å². The van der Waals surface area contributed by atoms with Crippen molar-refractivity contribution in [1.29, 1.82) is 0 Å².